The molecule has 1 aromatic carbocycles. The molecular formula is C22H34IN5. The summed E-state index contributed by atoms with van der Waals surface area (Å²) < 4.78 is 2.16. The van der Waals surface area contributed by atoms with Gasteiger partial charge in [0, 0.05) is 45.6 Å². The molecule has 0 amide bonds. The third kappa shape index (κ3) is 7.83. The van der Waals surface area contributed by atoms with Gasteiger partial charge < -0.3 is 15.2 Å². The number of guanidine groups is 1. The van der Waals surface area contributed by atoms with Crippen molar-refractivity contribution in [3.63, 3.8) is 0 Å². The van der Waals surface area contributed by atoms with Crippen LogP contribution in [0.4, 0.5) is 0 Å². The normalized spacial score (nSPS) is 15.5. The van der Waals surface area contributed by atoms with Gasteiger partial charge in [0.05, 0.1) is 0 Å². The number of benzene rings is 1. The molecule has 28 heavy (non-hydrogen) atoms. The van der Waals surface area contributed by atoms with Crippen molar-refractivity contribution in [2.45, 2.75) is 45.3 Å². The van der Waals surface area contributed by atoms with Crippen LogP contribution in [-0.2, 0) is 19.6 Å². The molecule has 2 N–H and O–H groups in total. The Labute approximate surface area is 186 Å². The van der Waals surface area contributed by atoms with E-state index in [-0.39, 0.29) is 24.0 Å². The zero-order valence-corrected chi connectivity index (χ0v) is 19.3. The molecule has 1 fully saturated rings. The number of halogens is 1. The van der Waals surface area contributed by atoms with E-state index in [1.54, 1.807) is 0 Å². The fourth-order valence-electron chi connectivity index (χ4n) is 3.54. The van der Waals surface area contributed by atoms with Crippen LogP contribution in [0, 0.1) is 0 Å². The summed E-state index contributed by atoms with van der Waals surface area (Å²) in [6, 6.07) is 13.1. The molecule has 3 rings (SSSR count). The van der Waals surface area contributed by atoms with Crippen molar-refractivity contribution in [1.29, 1.82) is 0 Å². The van der Waals surface area contributed by atoms with Gasteiger partial charge in [0.2, 0.25) is 0 Å². The van der Waals surface area contributed by atoms with Gasteiger partial charge in [0.1, 0.15) is 0 Å². The lowest BCUT2D eigenvalue weighted by molar-refractivity contribution is 0.277. The molecule has 154 valence electrons. The highest BCUT2D eigenvalue weighted by molar-refractivity contribution is 14.0. The summed E-state index contributed by atoms with van der Waals surface area (Å²) in [6.07, 6.45) is 9.62. The van der Waals surface area contributed by atoms with Gasteiger partial charge in [-0.3, -0.25) is 9.89 Å². The van der Waals surface area contributed by atoms with Crippen LogP contribution < -0.4 is 10.6 Å². The second-order valence-corrected chi connectivity index (χ2v) is 7.28. The lowest BCUT2D eigenvalue weighted by Gasteiger charge is -2.20. The Bertz CT molecular complexity index is 673. The predicted molar refractivity (Wildman–Crippen MR) is 128 cm³/mol. The molecule has 0 unspecified atom stereocenters. The van der Waals surface area contributed by atoms with E-state index >= 15 is 0 Å². The number of rotatable bonds is 7. The first-order valence-corrected chi connectivity index (χ1v) is 10.2. The lowest BCUT2D eigenvalue weighted by atomic mass is 10.1. The van der Waals surface area contributed by atoms with Crippen LogP contribution in [0.2, 0.25) is 0 Å². The summed E-state index contributed by atoms with van der Waals surface area (Å²) in [4.78, 5) is 6.90. The number of aliphatic imine (C=N–C) groups is 1. The maximum atomic E-state index is 4.30. The molecule has 1 saturated heterocycles. The van der Waals surface area contributed by atoms with Crippen molar-refractivity contribution in [3.8, 4) is 0 Å². The molecule has 2 aromatic rings. The van der Waals surface area contributed by atoms with Crippen molar-refractivity contribution in [3.05, 3.63) is 59.9 Å². The second-order valence-electron chi connectivity index (χ2n) is 7.28. The lowest BCUT2D eigenvalue weighted by Crippen LogP contribution is -2.38. The Morgan fingerprint density at radius 3 is 2.21 bits per heavy atom. The quantitative estimate of drug-likeness (QED) is 0.349. The predicted octanol–water partition coefficient (Wildman–Crippen LogP) is 3.85. The van der Waals surface area contributed by atoms with Gasteiger partial charge in [0.15, 0.2) is 5.96 Å². The highest BCUT2D eigenvalue weighted by Gasteiger charge is 2.09. The topological polar surface area (TPSA) is 44.6 Å². The van der Waals surface area contributed by atoms with Crippen molar-refractivity contribution < 1.29 is 0 Å². The van der Waals surface area contributed by atoms with Crippen LogP contribution in [0.25, 0.3) is 0 Å². The molecule has 0 radical (unpaired) electrons. The van der Waals surface area contributed by atoms with E-state index < -0.39 is 0 Å². The zero-order valence-electron chi connectivity index (χ0n) is 16.9. The molecule has 1 aliphatic rings. The minimum atomic E-state index is 0. The largest absolute Gasteiger partial charge is 0.355 e. The van der Waals surface area contributed by atoms with Gasteiger partial charge in [-0.05, 0) is 49.2 Å². The Morgan fingerprint density at radius 1 is 0.929 bits per heavy atom. The van der Waals surface area contributed by atoms with Crippen molar-refractivity contribution >= 4 is 29.9 Å². The third-order valence-corrected chi connectivity index (χ3v) is 5.14. The summed E-state index contributed by atoms with van der Waals surface area (Å²) in [5.41, 5.74) is 2.69. The Kier molecular flexibility index (Phi) is 10.4. The van der Waals surface area contributed by atoms with Crippen LogP contribution in [0.1, 0.15) is 36.8 Å². The highest BCUT2D eigenvalue weighted by Crippen LogP contribution is 2.13. The van der Waals surface area contributed by atoms with E-state index in [9.17, 15) is 0 Å². The van der Waals surface area contributed by atoms with E-state index in [1.165, 1.54) is 49.9 Å². The molecule has 0 saturated carbocycles. The van der Waals surface area contributed by atoms with Crippen LogP contribution in [0.3, 0.4) is 0 Å². The average Bonchev–Trinajstić information content (AvgIpc) is 3.08. The van der Waals surface area contributed by atoms with E-state index in [1.807, 2.05) is 19.2 Å². The van der Waals surface area contributed by atoms with E-state index in [0.717, 1.165) is 32.1 Å². The first-order chi connectivity index (χ1) is 13.3. The summed E-state index contributed by atoms with van der Waals surface area (Å²) >= 11 is 0. The number of aromatic nitrogens is 1. The van der Waals surface area contributed by atoms with E-state index in [0.29, 0.717) is 0 Å². The standard InChI is InChI=1S/C22H33N5.HI/c1-23-22(24-12-17-26-13-6-7-14-26)25-18-20-8-10-21(11-9-20)19-27-15-4-2-3-5-16-27;/h6-11,13-14H,2-5,12,15-19H2,1H3,(H2,23,24,25);1H. The molecule has 6 heteroatoms. The van der Waals surface area contributed by atoms with Crippen LogP contribution in [-0.4, -0.2) is 42.1 Å². The SMILES string of the molecule is CN=C(NCCn1cccc1)NCc1ccc(CN2CCCCCC2)cc1.I. The monoisotopic (exact) mass is 495 g/mol. The molecule has 0 bridgehead atoms. The van der Waals surface area contributed by atoms with E-state index in [4.69, 9.17) is 0 Å². The number of hydrogen-bond acceptors (Lipinski definition) is 2. The van der Waals surface area contributed by atoms with Gasteiger partial charge in [-0.25, -0.2) is 0 Å². The molecule has 5 nitrogen and oxygen atoms in total. The van der Waals surface area contributed by atoms with Crippen LogP contribution in [0.15, 0.2) is 53.8 Å². The molecule has 0 aliphatic carbocycles. The summed E-state index contributed by atoms with van der Waals surface area (Å²) in [6.45, 7) is 6.13. The first kappa shape index (κ1) is 22.7. The molecule has 0 spiro atoms. The van der Waals surface area contributed by atoms with Crippen LogP contribution in [0.5, 0.6) is 0 Å². The molecule has 1 aromatic heterocycles. The number of nitrogens with one attached hydrogen (secondary N) is 2. The van der Waals surface area contributed by atoms with Gasteiger partial charge >= 0.3 is 0 Å². The average molecular weight is 495 g/mol. The minimum Gasteiger partial charge on any atom is -0.355 e. The van der Waals surface area contributed by atoms with Gasteiger partial charge in [0.25, 0.3) is 0 Å². The third-order valence-electron chi connectivity index (χ3n) is 5.14. The van der Waals surface area contributed by atoms with Gasteiger partial charge in [-0.15, -0.1) is 24.0 Å². The zero-order chi connectivity index (χ0) is 18.7. The Hall–Kier alpha value is -1.54. The first-order valence-electron chi connectivity index (χ1n) is 10.2. The van der Waals surface area contributed by atoms with Crippen molar-refractivity contribution in [1.82, 2.24) is 20.1 Å². The molecular weight excluding hydrogens is 461 g/mol. The van der Waals surface area contributed by atoms with Crippen molar-refractivity contribution in [2.24, 2.45) is 4.99 Å². The van der Waals surface area contributed by atoms with Gasteiger partial charge in [-0.1, -0.05) is 37.1 Å². The van der Waals surface area contributed by atoms with E-state index in [2.05, 4.69) is 61.8 Å². The number of likely N-dealkylation sites (tertiary alicyclic amines) is 1. The Morgan fingerprint density at radius 2 is 1.57 bits per heavy atom. The smallest absolute Gasteiger partial charge is 0.191 e. The molecule has 0 atom stereocenters. The van der Waals surface area contributed by atoms with Crippen molar-refractivity contribution in [2.75, 3.05) is 26.7 Å². The summed E-state index contributed by atoms with van der Waals surface area (Å²) in [5, 5.41) is 6.75. The van der Waals surface area contributed by atoms with Crippen LogP contribution >= 0.6 is 24.0 Å². The summed E-state index contributed by atoms with van der Waals surface area (Å²) in [5.74, 6) is 0.843. The highest BCUT2D eigenvalue weighted by atomic mass is 127. The molecule has 2 heterocycles. The number of nitrogens with zero attached hydrogens (tertiary/aromatic N) is 3. The fraction of sp³-hybridized carbons (Fsp3) is 0.500. The maximum absolute atomic E-state index is 4.30. The fourth-order valence-corrected chi connectivity index (χ4v) is 3.54. The Balaban J connectivity index is 0.00000280. The molecule has 1 aliphatic heterocycles. The maximum Gasteiger partial charge on any atom is 0.191 e. The number of hydrogen-bond donors (Lipinski definition) is 2. The minimum absolute atomic E-state index is 0. The summed E-state index contributed by atoms with van der Waals surface area (Å²) in [7, 11) is 1.81. The second kappa shape index (κ2) is 12.8. The van der Waals surface area contributed by atoms with Gasteiger partial charge in [-0.2, -0.15) is 0 Å².